The molecule has 0 saturated heterocycles. The van der Waals surface area contributed by atoms with Gasteiger partial charge in [-0.05, 0) is 31.0 Å². The summed E-state index contributed by atoms with van der Waals surface area (Å²) >= 11 is 1.37. The van der Waals surface area contributed by atoms with Gasteiger partial charge in [0.15, 0.2) is 5.16 Å². The van der Waals surface area contributed by atoms with Crippen LogP contribution in [0.15, 0.2) is 29.4 Å². The molecule has 1 N–H and O–H groups in total. The molecule has 0 unspecified atom stereocenters. The van der Waals surface area contributed by atoms with Gasteiger partial charge in [0.25, 0.3) is 0 Å². The molecule has 1 fully saturated rings. The summed E-state index contributed by atoms with van der Waals surface area (Å²) < 4.78 is 1.99. The van der Waals surface area contributed by atoms with Gasteiger partial charge in [0.1, 0.15) is 5.82 Å². The van der Waals surface area contributed by atoms with Crippen molar-refractivity contribution in [2.75, 3.05) is 11.1 Å². The summed E-state index contributed by atoms with van der Waals surface area (Å²) in [4.78, 5) is 11.2. The molecule has 0 spiro atoms. The van der Waals surface area contributed by atoms with Crippen LogP contribution in [0.5, 0.6) is 0 Å². The van der Waals surface area contributed by atoms with Crippen molar-refractivity contribution in [2.45, 2.75) is 30.8 Å². The third-order valence-corrected chi connectivity index (χ3v) is 4.09. The summed E-state index contributed by atoms with van der Waals surface area (Å²) in [5, 5.41) is 20.8. The summed E-state index contributed by atoms with van der Waals surface area (Å²) in [6.07, 6.45) is 2.23. The van der Waals surface area contributed by atoms with Gasteiger partial charge >= 0.3 is 0 Å². The Morgan fingerprint density at radius 1 is 1.50 bits per heavy atom. The highest BCUT2D eigenvalue weighted by Gasteiger charge is 2.31. The Hall–Kier alpha value is -2.33. The normalized spacial score (nSPS) is 13.6. The third-order valence-electron chi connectivity index (χ3n) is 3.29. The SMILES string of the molecule is CC(=O)Nc1cccc(-n2c(SCC#N)nnc2C2CC2)c1. The number of carbonyl (C=O) groups excluding carboxylic acids is 1. The van der Waals surface area contributed by atoms with Crippen molar-refractivity contribution >= 4 is 23.4 Å². The average Bonchev–Trinajstić information content (AvgIpc) is 3.25. The second kappa shape index (κ2) is 6.20. The van der Waals surface area contributed by atoms with E-state index in [0.717, 1.165) is 30.0 Å². The maximum atomic E-state index is 11.2. The van der Waals surface area contributed by atoms with Gasteiger partial charge in [0.05, 0.1) is 17.5 Å². The first-order valence-electron chi connectivity index (χ1n) is 7.02. The van der Waals surface area contributed by atoms with Crippen LogP contribution in [0.2, 0.25) is 0 Å². The lowest BCUT2D eigenvalue weighted by atomic mass is 10.2. The lowest BCUT2D eigenvalue weighted by Gasteiger charge is -2.11. The topological polar surface area (TPSA) is 83.6 Å². The number of hydrogen-bond acceptors (Lipinski definition) is 5. The van der Waals surface area contributed by atoms with Gasteiger partial charge in [-0.25, -0.2) is 0 Å². The number of nitrogens with zero attached hydrogens (tertiary/aromatic N) is 4. The maximum absolute atomic E-state index is 11.2. The first-order chi connectivity index (χ1) is 10.7. The molecule has 6 nitrogen and oxygen atoms in total. The van der Waals surface area contributed by atoms with E-state index in [2.05, 4.69) is 21.6 Å². The van der Waals surface area contributed by atoms with E-state index in [9.17, 15) is 4.79 Å². The fourth-order valence-corrected chi connectivity index (χ4v) is 2.87. The molecule has 1 aromatic heterocycles. The van der Waals surface area contributed by atoms with Crippen LogP contribution in [0.3, 0.4) is 0 Å². The second-order valence-corrected chi connectivity index (χ2v) is 6.07. The number of anilines is 1. The van der Waals surface area contributed by atoms with E-state index < -0.39 is 0 Å². The van der Waals surface area contributed by atoms with Crippen molar-refractivity contribution in [3.8, 4) is 11.8 Å². The van der Waals surface area contributed by atoms with Gasteiger partial charge in [-0.2, -0.15) is 5.26 Å². The first kappa shape index (κ1) is 14.6. The van der Waals surface area contributed by atoms with Crippen LogP contribution < -0.4 is 5.32 Å². The molecule has 2 aromatic rings. The van der Waals surface area contributed by atoms with E-state index in [4.69, 9.17) is 5.26 Å². The quantitative estimate of drug-likeness (QED) is 0.858. The lowest BCUT2D eigenvalue weighted by molar-refractivity contribution is -0.114. The van der Waals surface area contributed by atoms with Gasteiger partial charge in [0, 0.05) is 18.5 Å². The molecule has 112 valence electrons. The fourth-order valence-electron chi connectivity index (χ4n) is 2.25. The molecule has 0 radical (unpaired) electrons. The zero-order valence-corrected chi connectivity index (χ0v) is 12.9. The summed E-state index contributed by atoms with van der Waals surface area (Å²) in [5.41, 5.74) is 1.63. The lowest BCUT2D eigenvalue weighted by Crippen LogP contribution is -2.07. The van der Waals surface area contributed by atoms with Gasteiger partial charge in [-0.15, -0.1) is 10.2 Å². The number of hydrogen-bond donors (Lipinski definition) is 1. The Morgan fingerprint density at radius 3 is 3.00 bits per heavy atom. The van der Waals surface area contributed by atoms with Gasteiger partial charge in [-0.3, -0.25) is 9.36 Å². The molecule has 0 aliphatic heterocycles. The van der Waals surface area contributed by atoms with Crippen LogP contribution in [0.1, 0.15) is 31.5 Å². The van der Waals surface area contributed by atoms with Crippen LogP contribution in [0, 0.1) is 11.3 Å². The summed E-state index contributed by atoms with van der Waals surface area (Å²) in [7, 11) is 0. The highest BCUT2D eigenvalue weighted by atomic mass is 32.2. The highest BCUT2D eigenvalue weighted by molar-refractivity contribution is 7.99. The molecule has 1 heterocycles. The summed E-state index contributed by atoms with van der Waals surface area (Å²) in [6.45, 7) is 1.48. The number of aromatic nitrogens is 3. The molecule has 22 heavy (non-hydrogen) atoms. The second-order valence-electron chi connectivity index (χ2n) is 5.13. The molecule has 1 aliphatic rings. The minimum Gasteiger partial charge on any atom is -0.326 e. The van der Waals surface area contributed by atoms with Gasteiger partial charge < -0.3 is 5.32 Å². The Morgan fingerprint density at radius 2 is 2.32 bits per heavy atom. The van der Waals surface area contributed by atoms with Crippen molar-refractivity contribution in [3.05, 3.63) is 30.1 Å². The van der Waals surface area contributed by atoms with E-state index >= 15 is 0 Å². The Bertz CT molecular complexity index is 745. The average molecular weight is 313 g/mol. The van der Waals surface area contributed by atoms with Gasteiger partial charge in [-0.1, -0.05) is 17.8 Å². The fraction of sp³-hybridized carbons (Fsp3) is 0.333. The zero-order valence-electron chi connectivity index (χ0n) is 12.1. The number of rotatable bonds is 5. The number of thioether (sulfide) groups is 1. The Balaban J connectivity index is 2.00. The van der Waals surface area contributed by atoms with Crippen molar-refractivity contribution < 1.29 is 4.79 Å². The van der Waals surface area contributed by atoms with Gasteiger partial charge in [0.2, 0.25) is 5.91 Å². The largest absolute Gasteiger partial charge is 0.326 e. The monoisotopic (exact) mass is 313 g/mol. The number of nitrogens with one attached hydrogen (secondary N) is 1. The number of nitriles is 1. The Labute approximate surface area is 132 Å². The molecule has 1 saturated carbocycles. The van der Waals surface area contributed by atoms with Crippen molar-refractivity contribution in [2.24, 2.45) is 0 Å². The third kappa shape index (κ3) is 3.12. The van der Waals surface area contributed by atoms with E-state index in [1.807, 2.05) is 28.8 Å². The number of amides is 1. The molecule has 3 rings (SSSR count). The maximum Gasteiger partial charge on any atom is 0.221 e. The number of benzene rings is 1. The smallest absolute Gasteiger partial charge is 0.221 e. The Kier molecular flexibility index (Phi) is 4.11. The van der Waals surface area contributed by atoms with E-state index in [1.54, 1.807) is 0 Å². The van der Waals surface area contributed by atoms with E-state index in [1.165, 1.54) is 18.7 Å². The van der Waals surface area contributed by atoms with Crippen LogP contribution in [0.25, 0.3) is 5.69 Å². The number of carbonyl (C=O) groups is 1. The predicted octanol–water partition coefficient (Wildman–Crippen LogP) is 2.72. The van der Waals surface area contributed by atoms with Crippen LogP contribution in [-0.4, -0.2) is 26.4 Å². The van der Waals surface area contributed by atoms with E-state index in [0.29, 0.717) is 16.8 Å². The molecule has 0 atom stereocenters. The summed E-state index contributed by atoms with van der Waals surface area (Å²) in [6, 6.07) is 9.69. The molecular weight excluding hydrogens is 298 g/mol. The standard InChI is InChI=1S/C15H15N5OS/c1-10(21)17-12-3-2-4-13(9-12)20-14(11-5-6-11)18-19-15(20)22-8-7-16/h2-4,9,11H,5-6,8H2,1H3,(H,17,21). The van der Waals surface area contributed by atoms with Crippen LogP contribution in [0.4, 0.5) is 5.69 Å². The molecule has 7 heteroatoms. The highest BCUT2D eigenvalue weighted by Crippen LogP contribution is 2.41. The molecular formula is C15H15N5OS. The molecule has 1 aromatic carbocycles. The van der Waals surface area contributed by atoms with Crippen LogP contribution >= 0.6 is 11.8 Å². The van der Waals surface area contributed by atoms with E-state index in [-0.39, 0.29) is 5.91 Å². The van der Waals surface area contributed by atoms with Crippen molar-refractivity contribution in [3.63, 3.8) is 0 Å². The van der Waals surface area contributed by atoms with Crippen LogP contribution in [-0.2, 0) is 4.79 Å². The van der Waals surface area contributed by atoms with Crippen molar-refractivity contribution in [1.82, 2.24) is 14.8 Å². The molecule has 0 bridgehead atoms. The summed E-state index contributed by atoms with van der Waals surface area (Å²) in [5.74, 6) is 1.59. The minimum absolute atomic E-state index is 0.109. The predicted molar refractivity (Wildman–Crippen MR) is 84.0 cm³/mol. The van der Waals surface area contributed by atoms with Crippen molar-refractivity contribution in [1.29, 1.82) is 5.26 Å². The molecule has 1 aliphatic carbocycles. The molecule has 1 amide bonds. The first-order valence-corrected chi connectivity index (χ1v) is 8.00. The minimum atomic E-state index is -0.109. The zero-order chi connectivity index (χ0) is 15.5.